The predicted molar refractivity (Wildman–Crippen MR) is 149 cm³/mol. The van der Waals surface area contributed by atoms with Gasteiger partial charge in [0.2, 0.25) is 12.5 Å². The van der Waals surface area contributed by atoms with E-state index < -0.39 is 10.2 Å². The number of rotatable bonds is 11. The molecule has 2 aliphatic heterocycles. The minimum atomic E-state index is -1.08. The summed E-state index contributed by atoms with van der Waals surface area (Å²) in [5.74, 6) is 2.22. The second-order valence-corrected chi connectivity index (χ2v) is 11.7. The number of alkyl halides is 1. The van der Waals surface area contributed by atoms with Crippen LogP contribution in [0.4, 0.5) is 0 Å². The number of hydrogen-bond acceptors (Lipinski definition) is 8. The van der Waals surface area contributed by atoms with Gasteiger partial charge < -0.3 is 33.2 Å². The molecule has 0 saturated carbocycles. The lowest BCUT2D eigenvalue weighted by molar-refractivity contribution is -0.140. The summed E-state index contributed by atoms with van der Waals surface area (Å²) in [6.45, 7) is 5.41. The maximum Gasteiger partial charge on any atom is 0.324 e. The molecule has 0 aromatic heterocycles. The summed E-state index contributed by atoms with van der Waals surface area (Å²) in [6, 6.07) is 7.77. The highest BCUT2D eigenvalue weighted by Gasteiger charge is 2.63. The third-order valence-electron chi connectivity index (χ3n) is 8.30. The zero-order valence-corrected chi connectivity index (χ0v) is 24.8. The molecule has 0 amide bonds. The maximum absolute atomic E-state index is 13.6. The summed E-state index contributed by atoms with van der Waals surface area (Å²) >= 11 is 3.94. The second-order valence-electron chi connectivity index (χ2n) is 10.4. The van der Waals surface area contributed by atoms with Crippen LogP contribution in [0.15, 0.2) is 24.3 Å². The van der Waals surface area contributed by atoms with Gasteiger partial charge in [0.15, 0.2) is 23.0 Å². The molecular weight excluding hydrogens is 568 g/mol. The Bertz CT molecular complexity index is 1190. The van der Waals surface area contributed by atoms with Gasteiger partial charge in [0, 0.05) is 5.92 Å². The highest BCUT2D eigenvalue weighted by molar-refractivity contribution is 9.10. The Morgan fingerprint density at radius 1 is 0.974 bits per heavy atom. The topological polar surface area (TPSA) is 81.7 Å². The van der Waals surface area contributed by atoms with Gasteiger partial charge in [-0.15, -0.1) is 0 Å². The standard InChI is InChI=1S/C30H37BrO8/c1-6-8-9-17(7-2)14-36-27-20-13-23-22(38-16-39-23)12-19(20)26(30(31)21(27)15-37-29(30)32)18-10-24(33-3)28(35-5)25(11-18)34-4/h10-13,17,21,26-27H,6-9,14-16H2,1-5H3/t17?,21-,26-,27+,30+/m1/s1. The summed E-state index contributed by atoms with van der Waals surface area (Å²) in [4.78, 5) is 13.6. The van der Waals surface area contributed by atoms with Gasteiger partial charge in [0.1, 0.15) is 4.32 Å². The van der Waals surface area contributed by atoms with E-state index in [1.165, 1.54) is 6.42 Å². The van der Waals surface area contributed by atoms with Crippen LogP contribution in [0, 0.1) is 11.8 Å². The van der Waals surface area contributed by atoms with Crippen molar-refractivity contribution in [3.05, 3.63) is 41.0 Å². The zero-order valence-electron chi connectivity index (χ0n) is 23.2. The van der Waals surface area contributed by atoms with Crippen molar-refractivity contribution >= 4 is 21.9 Å². The normalized spacial score (nSPS) is 25.5. The molecular formula is C30H37BrO8. The molecule has 212 valence electrons. The van der Waals surface area contributed by atoms with Gasteiger partial charge in [-0.2, -0.15) is 0 Å². The Morgan fingerprint density at radius 2 is 1.64 bits per heavy atom. The lowest BCUT2D eigenvalue weighted by Gasteiger charge is -2.44. The number of ether oxygens (including phenoxy) is 7. The number of carbonyl (C=O) groups is 1. The Kier molecular flexibility index (Phi) is 8.19. The van der Waals surface area contributed by atoms with E-state index in [0.717, 1.165) is 36.0 Å². The van der Waals surface area contributed by atoms with E-state index in [-0.39, 0.29) is 31.4 Å². The fourth-order valence-corrected chi connectivity index (χ4v) is 7.13. The van der Waals surface area contributed by atoms with Gasteiger partial charge in [-0.3, -0.25) is 4.79 Å². The third kappa shape index (κ3) is 4.71. The number of esters is 1. The van der Waals surface area contributed by atoms with E-state index in [9.17, 15) is 4.79 Å². The molecule has 0 N–H and O–H groups in total. The van der Waals surface area contributed by atoms with E-state index in [1.807, 2.05) is 24.3 Å². The first-order chi connectivity index (χ1) is 18.9. The molecule has 0 spiro atoms. The van der Waals surface area contributed by atoms with Crippen molar-refractivity contribution in [3.63, 3.8) is 0 Å². The number of fused-ring (bicyclic) bond motifs is 3. The van der Waals surface area contributed by atoms with Gasteiger partial charge in [-0.1, -0.05) is 49.0 Å². The molecule has 5 atom stereocenters. The number of hydrogen-bond donors (Lipinski definition) is 0. The molecule has 2 aromatic carbocycles. The smallest absolute Gasteiger partial charge is 0.324 e. The van der Waals surface area contributed by atoms with Gasteiger partial charge in [0.25, 0.3) is 0 Å². The predicted octanol–water partition coefficient (Wildman–Crippen LogP) is 6.17. The number of unbranched alkanes of at least 4 members (excludes halogenated alkanes) is 1. The van der Waals surface area contributed by atoms with Crippen LogP contribution in [0.5, 0.6) is 28.7 Å². The van der Waals surface area contributed by atoms with E-state index >= 15 is 0 Å². The van der Waals surface area contributed by atoms with Crippen LogP contribution in [0.1, 0.15) is 68.2 Å². The molecule has 1 saturated heterocycles. The highest BCUT2D eigenvalue weighted by Crippen LogP contribution is 2.61. The Morgan fingerprint density at radius 3 is 2.23 bits per heavy atom. The van der Waals surface area contributed by atoms with Gasteiger partial charge in [-0.25, -0.2) is 0 Å². The minimum absolute atomic E-state index is 0.151. The number of carbonyl (C=O) groups excluding carboxylic acids is 1. The van der Waals surface area contributed by atoms with Crippen LogP contribution < -0.4 is 23.7 Å². The number of methoxy groups -OCH3 is 3. The number of cyclic esters (lactones) is 1. The summed E-state index contributed by atoms with van der Waals surface area (Å²) < 4.78 is 39.9. The van der Waals surface area contributed by atoms with E-state index in [2.05, 4.69) is 29.8 Å². The van der Waals surface area contributed by atoms with Gasteiger partial charge >= 0.3 is 5.97 Å². The van der Waals surface area contributed by atoms with Crippen molar-refractivity contribution < 1.29 is 38.0 Å². The molecule has 2 heterocycles. The lowest BCUT2D eigenvalue weighted by atomic mass is 9.66. The molecule has 2 aromatic rings. The number of benzene rings is 2. The zero-order chi connectivity index (χ0) is 27.7. The molecule has 0 bridgehead atoms. The van der Waals surface area contributed by atoms with E-state index in [0.29, 0.717) is 41.3 Å². The van der Waals surface area contributed by atoms with Crippen molar-refractivity contribution in [2.75, 3.05) is 41.3 Å². The van der Waals surface area contributed by atoms with Crippen LogP contribution in [0.25, 0.3) is 0 Å². The second kappa shape index (κ2) is 11.5. The fraction of sp³-hybridized carbons (Fsp3) is 0.567. The summed E-state index contributed by atoms with van der Waals surface area (Å²) in [6.07, 6.45) is 4.10. The molecule has 9 heteroatoms. The molecule has 1 unspecified atom stereocenters. The van der Waals surface area contributed by atoms with Crippen molar-refractivity contribution in [3.8, 4) is 28.7 Å². The fourth-order valence-electron chi connectivity index (χ4n) is 6.14. The first kappa shape index (κ1) is 27.9. The Labute approximate surface area is 238 Å². The average Bonchev–Trinajstić information content (AvgIpc) is 3.53. The molecule has 0 radical (unpaired) electrons. The Balaban J connectivity index is 1.66. The van der Waals surface area contributed by atoms with Crippen molar-refractivity contribution in [2.24, 2.45) is 11.8 Å². The molecule has 39 heavy (non-hydrogen) atoms. The summed E-state index contributed by atoms with van der Waals surface area (Å²) in [5, 5.41) is 0. The largest absolute Gasteiger partial charge is 0.493 e. The third-order valence-corrected chi connectivity index (χ3v) is 9.67. The van der Waals surface area contributed by atoms with E-state index in [1.54, 1.807) is 21.3 Å². The average molecular weight is 606 g/mol. The highest BCUT2D eigenvalue weighted by atomic mass is 79.9. The lowest BCUT2D eigenvalue weighted by Crippen LogP contribution is -2.48. The van der Waals surface area contributed by atoms with Crippen molar-refractivity contribution in [2.45, 2.75) is 55.9 Å². The molecule has 1 fully saturated rings. The van der Waals surface area contributed by atoms with Crippen molar-refractivity contribution in [1.29, 1.82) is 0 Å². The van der Waals surface area contributed by atoms with Gasteiger partial charge in [-0.05, 0) is 53.3 Å². The first-order valence-electron chi connectivity index (χ1n) is 13.6. The minimum Gasteiger partial charge on any atom is -0.493 e. The maximum atomic E-state index is 13.6. The molecule has 1 aliphatic carbocycles. The van der Waals surface area contributed by atoms with Crippen LogP contribution in [0.3, 0.4) is 0 Å². The van der Waals surface area contributed by atoms with Gasteiger partial charge in [0.05, 0.1) is 46.6 Å². The van der Waals surface area contributed by atoms with Crippen molar-refractivity contribution in [1.82, 2.24) is 0 Å². The first-order valence-corrected chi connectivity index (χ1v) is 14.4. The summed E-state index contributed by atoms with van der Waals surface area (Å²) in [7, 11) is 4.73. The SMILES string of the molecule is CCCCC(CC)CO[C@H]1c2cc3c(cc2[C@@H](c2cc(OC)c(OC)c(OC)c2)[C@]2(Br)C(=O)OC[C@H]12)OCO3. The molecule has 8 nitrogen and oxygen atoms in total. The van der Waals surface area contributed by atoms with Crippen LogP contribution in [-0.2, 0) is 14.3 Å². The monoisotopic (exact) mass is 604 g/mol. The number of halogens is 1. The summed E-state index contributed by atoms with van der Waals surface area (Å²) in [5.41, 5.74) is 2.70. The van der Waals surface area contributed by atoms with Crippen LogP contribution >= 0.6 is 15.9 Å². The quantitative estimate of drug-likeness (QED) is 0.222. The molecule has 3 aliphatic rings. The Hall–Kier alpha value is -2.65. The molecule has 5 rings (SSSR count). The van der Waals surface area contributed by atoms with Crippen LogP contribution in [-0.4, -0.2) is 51.6 Å². The van der Waals surface area contributed by atoms with E-state index in [4.69, 9.17) is 33.2 Å². The van der Waals surface area contributed by atoms with Crippen LogP contribution in [0.2, 0.25) is 0 Å².